The molecule has 21 heavy (non-hydrogen) atoms. The molecule has 6 nitrogen and oxygen atoms in total. The summed E-state index contributed by atoms with van der Waals surface area (Å²) in [6.07, 6.45) is 2.89. The van der Waals surface area contributed by atoms with Crippen molar-refractivity contribution >= 4 is 5.91 Å². The van der Waals surface area contributed by atoms with Crippen LogP contribution in [0, 0.1) is 0 Å². The van der Waals surface area contributed by atoms with Gasteiger partial charge in [0, 0.05) is 5.56 Å². The summed E-state index contributed by atoms with van der Waals surface area (Å²) in [5, 5.41) is 3.99. The lowest BCUT2D eigenvalue weighted by atomic mass is 10.0. The normalized spacial score (nSPS) is 19.5. The maximum absolute atomic E-state index is 11.5. The minimum absolute atomic E-state index is 0.231. The number of hydrogen-bond acceptors (Lipinski definition) is 5. The maximum Gasteiger partial charge on any atom is 0.241 e. The van der Waals surface area contributed by atoms with Gasteiger partial charge in [0.1, 0.15) is 0 Å². The zero-order chi connectivity index (χ0) is 14.7. The lowest BCUT2D eigenvalue weighted by Crippen LogP contribution is -2.47. The molecular formula is C15H18N4O2. The van der Waals surface area contributed by atoms with Crippen LogP contribution in [-0.4, -0.2) is 33.5 Å². The number of hydrogen-bond donors (Lipinski definition) is 1. The third kappa shape index (κ3) is 3.11. The molecule has 2 heterocycles. The quantitative estimate of drug-likeness (QED) is 0.922. The van der Waals surface area contributed by atoms with Gasteiger partial charge in [0.05, 0.1) is 12.6 Å². The number of benzene rings is 1. The number of nitrogens with zero attached hydrogens (tertiary/aromatic N) is 3. The molecule has 1 atom stereocenters. The zero-order valence-corrected chi connectivity index (χ0v) is 11.7. The molecule has 6 heteroatoms. The van der Waals surface area contributed by atoms with Crippen molar-refractivity contribution < 1.29 is 9.32 Å². The second-order valence-corrected chi connectivity index (χ2v) is 5.26. The summed E-state index contributed by atoms with van der Waals surface area (Å²) >= 11 is 0. The third-order valence-electron chi connectivity index (χ3n) is 3.78. The van der Waals surface area contributed by atoms with E-state index >= 15 is 0 Å². The molecule has 3 rings (SSSR count). The number of amides is 1. The molecule has 0 spiro atoms. The molecule has 0 aliphatic carbocycles. The predicted octanol–water partition coefficient (Wildman–Crippen LogP) is 1.58. The third-order valence-corrected chi connectivity index (χ3v) is 3.78. The number of piperidine rings is 1. The monoisotopic (exact) mass is 286 g/mol. The summed E-state index contributed by atoms with van der Waals surface area (Å²) in [4.78, 5) is 17.9. The van der Waals surface area contributed by atoms with Gasteiger partial charge in [-0.25, -0.2) is 0 Å². The summed E-state index contributed by atoms with van der Waals surface area (Å²) in [5.41, 5.74) is 6.37. The molecule has 0 saturated carbocycles. The Morgan fingerprint density at radius 2 is 2.14 bits per heavy atom. The smallest absolute Gasteiger partial charge is 0.241 e. The van der Waals surface area contributed by atoms with Crippen molar-refractivity contribution in [2.45, 2.75) is 31.8 Å². The average molecular weight is 286 g/mol. The summed E-state index contributed by atoms with van der Waals surface area (Å²) in [6, 6.07) is 9.43. The lowest BCUT2D eigenvalue weighted by Gasteiger charge is -2.32. The van der Waals surface area contributed by atoms with Gasteiger partial charge in [-0.3, -0.25) is 9.69 Å². The Morgan fingerprint density at radius 3 is 2.90 bits per heavy atom. The fourth-order valence-corrected chi connectivity index (χ4v) is 2.70. The van der Waals surface area contributed by atoms with E-state index in [0.29, 0.717) is 18.3 Å². The Morgan fingerprint density at radius 1 is 1.33 bits per heavy atom. The SMILES string of the molecule is NC(=O)[C@H]1CCCCN1Cc1nc(-c2ccccc2)no1. The highest BCUT2D eigenvalue weighted by Gasteiger charge is 2.28. The van der Waals surface area contributed by atoms with Crippen molar-refractivity contribution in [2.75, 3.05) is 6.54 Å². The van der Waals surface area contributed by atoms with E-state index in [1.165, 1.54) is 0 Å². The molecule has 2 aromatic rings. The van der Waals surface area contributed by atoms with Gasteiger partial charge in [-0.15, -0.1) is 0 Å². The van der Waals surface area contributed by atoms with Crippen molar-refractivity contribution in [1.82, 2.24) is 15.0 Å². The molecule has 1 amide bonds. The molecule has 110 valence electrons. The van der Waals surface area contributed by atoms with Crippen molar-refractivity contribution in [3.05, 3.63) is 36.2 Å². The minimum Gasteiger partial charge on any atom is -0.368 e. The zero-order valence-electron chi connectivity index (χ0n) is 11.7. The molecular weight excluding hydrogens is 268 g/mol. The van der Waals surface area contributed by atoms with Crippen LogP contribution in [0.1, 0.15) is 25.2 Å². The molecule has 1 aromatic heterocycles. The Kier molecular flexibility index (Phi) is 3.96. The standard InChI is InChI=1S/C15H18N4O2/c16-14(20)12-8-4-5-9-19(12)10-13-17-15(18-21-13)11-6-2-1-3-7-11/h1-3,6-7,12H,4-5,8-10H2,(H2,16,20)/t12-/m1/s1. The summed E-state index contributed by atoms with van der Waals surface area (Å²) in [7, 11) is 0. The second kappa shape index (κ2) is 6.05. The van der Waals surface area contributed by atoms with Gasteiger partial charge in [0.25, 0.3) is 0 Å². The van der Waals surface area contributed by atoms with Crippen LogP contribution in [0.4, 0.5) is 0 Å². The lowest BCUT2D eigenvalue weighted by molar-refractivity contribution is -0.124. The van der Waals surface area contributed by atoms with Gasteiger partial charge >= 0.3 is 0 Å². The Hall–Kier alpha value is -2.21. The molecule has 1 aliphatic heterocycles. The number of aromatic nitrogens is 2. The van der Waals surface area contributed by atoms with Gasteiger partial charge in [-0.1, -0.05) is 41.9 Å². The first kappa shape index (κ1) is 13.8. The van der Waals surface area contributed by atoms with Crippen molar-refractivity contribution in [1.29, 1.82) is 0 Å². The van der Waals surface area contributed by atoms with Crippen LogP contribution < -0.4 is 5.73 Å². The van der Waals surface area contributed by atoms with Gasteiger partial charge in [-0.2, -0.15) is 4.98 Å². The van der Waals surface area contributed by atoms with Gasteiger partial charge < -0.3 is 10.3 Å². The highest BCUT2D eigenvalue weighted by atomic mass is 16.5. The molecule has 1 aliphatic rings. The summed E-state index contributed by atoms with van der Waals surface area (Å²) in [6.45, 7) is 1.30. The first-order valence-corrected chi connectivity index (χ1v) is 7.15. The number of nitrogens with two attached hydrogens (primary N) is 1. The van der Waals surface area contributed by atoms with E-state index in [4.69, 9.17) is 10.3 Å². The highest BCUT2D eigenvalue weighted by molar-refractivity contribution is 5.79. The van der Waals surface area contributed by atoms with E-state index in [0.717, 1.165) is 31.4 Å². The van der Waals surface area contributed by atoms with Crippen molar-refractivity contribution in [3.63, 3.8) is 0 Å². The van der Waals surface area contributed by atoms with Crippen molar-refractivity contribution in [2.24, 2.45) is 5.73 Å². The molecule has 1 fully saturated rings. The van der Waals surface area contributed by atoms with Gasteiger partial charge in [0.2, 0.25) is 17.6 Å². The maximum atomic E-state index is 11.5. The molecule has 0 unspecified atom stereocenters. The van der Waals surface area contributed by atoms with Crippen LogP contribution in [0.25, 0.3) is 11.4 Å². The molecule has 2 N–H and O–H groups in total. The van der Waals surface area contributed by atoms with E-state index < -0.39 is 0 Å². The van der Waals surface area contributed by atoms with E-state index in [1.807, 2.05) is 35.2 Å². The van der Waals surface area contributed by atoms with E-state index in [2.05, 4.69) is 10.1 Å². The second-order valence-electron chi connectivity index (χ2n) is 5.26. The number of carbonyl (C=O) groups is 1. The van der Waals surface area contributed by atoms with Gasteiger partial charge in [0.15, 0.2) is 0 Å². The first-order chi connectivity index (χ1) is 10.2. The molecule has 1 aromatic carbocycles. The topological polar surface area (TPSA) is 85.3 Å². The van der Waals surface area contributed by atoms with Crippen LogP contribution in [0.5, 0.6) is 0 Å². The fraction of sp³-hybridized carbons (Fsp3) is 0.400. The number of rotatable bonds is 4. The summed E-state index contributed by atoms with van der Waals surface area (Å²) < 4.78 is 5.29. The summed E-state index contributed by atoms with van der Waals surface area (Å²) in [5.74, 6) is 0.803. The minimum atomic E-state index is -0.280. The Balaban J connectivity index is 1.73. The van der Waals surface area contributed by atoms with E-state index in [1.54, 1.807) is 0 Å². The van der Waals surface area contributed by atoms with Crippen LogP contribution in [0.15, 0.2) is 34.9 Å². The highest BCUT2D eigenvalue weighted by Crippen LogP contribution is 2.20. The Bertz CT molecular complexity index is 611. The average Bonchev–Trinajstić information content (AvgIpc) is 2.97. The Labute approximate surface area is 122 Å². The van der Waals surface area contributed by atoms with Crippen LogP contribution in [0.2, 0.25) is 0 Å². The molecule has 0 bridgehead atoms. The fourth-order valence-electron chi connectivity index (χ4n) is 2.70. The van der Waals surface area contributed by atoms with Crippen LogP contribution in [-0.2, 0) is 11.3 Å². The van der Waals surface area contributed by atoms with Crippen molar-refractivity contribution in [3.8, 4) is 11.4 Å². The molecule has 1 saturated heterocycles. The number of carbonyl (C=O) groups excluding carboxylic acids is 1. The van der Waals surface area contributed by atoms with Crippen LogP contribution in [0.3, 0.4) is 0 Å². The largest absolute Gasteiger partial charge is 0.368 e. The van der Waals surface area contributed by atoms with E-state index in [-0.39, 0.29) is 11.9 Å². The van der Waals surface area contributed by atoms with Gasteiger partial charge in [-0.05, 0) is 19.4 Å². The van der Waals surface area contributed by atoms with E-state index in [9.17, 15) is 4.79 Å². The van der Waals surface area contributed by atoms with Crippen LogP contribution >= 0.6 is 0 Å². The number of likely N-dealkylation sites (tertiary alicyclic amines) is 1. The number of primary amides is 1. The first-order valence-electron chi connectivity index (χ1n) is 7.15. The molecule has 0 radical (unpaired) electrons. The predicted molar refractivity (Wildman–Crippen MR) is 77.0 cm³/mol.